The largest absolute Gasteiger partial charge is 0.423 e. The summed E-state index contributed by atoms with van der Waals surface area (Å²) in [7, 11) is 0. The van der Waals surface area contributed by atoms with Gasteiger partial charge in [0.2, 0.25) is 5.95 Å². The van der Waals surface area contributed by atoms with E-state index in [1.807, 2.05) is 0 Å². The predicted octanol–water partition coefficient (Wildman–Crippen LogP) is 2.99. The van der Waals surface area contributed by atoms with Crippen LogP contribution in [0.3, 0.4) is 0 Å². The van der Waals surface area contributed by atoms with Crippen LogP contribution in [0.25, 0.3) is 11.3 Å². The molecule has 2 heterocycles. The van der Waals surface area contributed by atoms with Crippen molar-refractivity contribution in [2.24, 2.45) is 10.9 Å². The lowest BCUT2D eigenvalue weighted by atomic mass is 10.1. The molecule has 3 aromatic rings. The second kappa shape index (κ2) is 6.70. The molecule has 0 amide bonds. The van der Waals surface area contributed by atoms with Gasteiger partial charge in [0.05, 0.1) is 17.3 Å². The summed E-state index contributed by atoms with van der Waals surface area (Å²) in [5.74, 6) is 0.270. The van der Waals surface area contributed by atoms with Gasteiger partial charge in [0.25, 0.3) is 0 Å². The molecule has 8 nitrogen and oxygen atoms in total. The number of oxime groups is 1. The summed E-state index contributed by atoms with van der Waals surface area (Å²) in [6.45, 7) is 0. The fourth-order valence-electron chi connectivity index (χ4n) is 1.97. The Hall–Kier alpha value is -3.63. The summed E-state index contributed by atoms with van der Waals surface area (Å²) in [5, 5.41) is 14.1. The minimum Gasteiger partial charge on any atom is -0.423 e. The topological polar surface area (TPSA) is 122 Å². The summed E-state index contributed by atoms with van der Waals surface area (Å²) in [5.41, 5.74) is 5.40. The van der Waals surface area contributed by atoms with Crippen LogP contribution < -0.4 is 11.1 Å². The third kappa shape index (κ3) is 3.71. The number of oxazole rings is 1. The van der Waals surface area contributed by atoms with E-state index in [0.717, 1.165) is 12.1 Å². The highest BCUT2D eigenvalue weighted by Gasteiger charge is 2.30. The Kier molecular flexibility index (Phi) is 4.43. The molecule has 0 fully saturated rings. The molecule has 0 spiro atoms. The maximum atomic E-state index is 12.6. The number of hydrogen-bond donors (Lipinski definition) is 3. The normalized spacial score (nSPS) is 12.2. The van der Waals surface area contributed by atoms with Crippen LogP contribution in [0.4, 0.5) is 25.1 Å². The third-order valence-electron chi connectivity index (χ3n) is 3.28. The summed E-state index contributed by atoms with van der Waals surface area (Å²) < 4.78 is 43.2. The molecule has 1 aromatic carbocycles. The Labute approximate surface area is 144 Å². The average Bonchev–Trinajstić information content (AvgIpc) is 3.09. The number of nitrogens with one attached hydrogen (secondary N) is 1. The highest BCUT2D eigenvalue weighted by atomic mass is 19.4. The molecule has 4 N–H and O–H groups in total. The molecule has 0 aliphatic rings. The monoisotopic (exact) mass is 364 g/mol. The third-order valence-corrected chi connectivity index (χ3v) is 3.28. The molecule has 0 bridgehead atoms. The summed E-state index contributed by atoms with van der Waals surface area (Å²) >= 11 is 0. The van der Waals surface area contributed by atoms with Crippen molar-refractivity contribution >= 4 is 17.8 Å². The maximum absolute atomic E-state index is 12.6. The molecule has 0 atom stereocenters. The van der Waals surface area contributed by atoms with Gasteiger partial charge in [-0.3, -0.25) is 5.32 Å². The summed E-state index contributed by atoms with van der Waals surface area (Å²) in [6, 6.07) is 4.54. The van der Waals surface area contributed by atoms with Crippen LogP contribution >= 0.6 is 0 Å². The van der Waals surface area contributed by atoms with E-state index in [0.29, 0.717) is 11.1 Å². The van der Waals surface area contributed by atoms with Crippen molar-refractivity contribution < 1.29 is 22.8 Å². The Morgan fingerprint density at radius 2 is 1.73 bits per heavy atom. The molecule has 0 aliphatic heterocycles. The van der Waals surface area contributed by atoms with Gasteiger partial charge >= 0.3 is 12.2 Å². The van der Waals surface area contributed by atoms with Crippen molar-refractivity contribution in [1.82, 2.24) is 15.0 Å². The number of benzene rings is 1. The van der Waals surface area contributed by atoms with Crippen molar-refractivity contribution in [2.75, 3.05) is 5.32 Å². The maximum Gasteiger partial charge on any atom is 0.416 e. The summed E-state index contributed by atoms with van der Waals surface area (Å²) in [4.78, 5) is 11.9. The first-order chi connectivity index (χ1) is 12.4. The molecule has 134 valence electrons. The number of aromatic nitrogens is 3. The van der Waals surface area contributed by atoms with Crippen LogP contribution in [0.2, 0.25) is 0 Å². The molecule has 0 radical (unpaired) electrons. The second-order valence-corrected chi connectivity index (χ2v) is 5.01. The number of nitrogens with two attached hydrogens (primary N) is 1. The van der Waals surface area contributed by atoms with Gasteiger partial charge in [-0.05, 0) is 12.1 Å². The lowest BCUT2D eigenvalue weighted by Gasteiger charge is -2.06. The van der Waals surface area contributed by atoms with E-state index < -0.39 is 11.7 Å². The molecule has 0 saturated heterocycles. The average molecular weight is 364 g/mol. The van der Waals surface area contributed by atoms with E-state index in [1.165, 1.54) is 30.7 Å². The van der Waals surface area contributed by atoms with E-state index in [-0.39, 0.29) is 23.6 Å². The Morgan fingerprint density at radius 1 is 1.08 bits per heavy atom. The van der Waals surface area contributed by atoms with Crippen LogP contribution in [-0.2, 0) is 6.18 Å². The number of anilines is 2. The van der Waals surface area contributed by atoms with Crippen LogP contribution in [0.5, 0.6) is 0 Å². The first-order valence-corrected chi connectivity index (χ1v) is 7.07. The van der Waals surface area contributed by atoms with Gasteiger partial charge in [-0.15, -0.1) is 0 Å². The van der Waals surface area contributed by atoms with Crippen molar-refractivity contribution in [3.63, 3.8) is 0 Å². The van der Waals surface area contributed by atoms with Gasteiger partial charge in [0, 0.05) is 18.0 Å². The van der Waals surface area contributed by atoms with Gasteiger partial charge in [0.15, 0.2) is 11.6 Å². The predicted molar refractivity (Wildman–Crippen MR) is 84.8 cm³/mol. The molecule has 2 aromatic heterocycles. The van der Waals surface area contributed by atoms with E-state index in [2.05, 4.69) is 25.4 Å². The van der Waals surface area contributed by atoms with E-state index >= 15 is 0 Å². The Bertz CT molecular complexity index is 920. The lowest BCUT2D eigenvalue weighted by Crippen LogP contribution is -2.14. The van der Waals surface area contributed by atoms with Crippen LogP contribution in [0.1, 0.15) is 11.1 Å². The van der Waals surface area contributed by atoms with Crippen molar-refractivity contribution in [3.8, 4) is 11.3 Å². The fraction of sp³-hybridized carbons (Fsp3) is 0.0667. The standard InChI is InChI=1S/C15H11F3N6O2/c16-15(17,18)10-3-1-8(2-4-10)11-7-22-14(26-11)23-13-20-5-9(6-21-13)12(19)24-25/h1-7,25H,(H2,19,24)(H,20,21,22,23). The molecule has 0 saturated carbocycles. The molecule has 3 rings (SSSR count). The lowest BCUT2D eigenvalue weighted by molar-refractivity contribution is -0.137. The van der Waals surface area contributed by atoms with Crippen LogP contribution in [0.15, 0.2) is 52.4 Å². The molecule has 0 unspecified atom stereocenters. The quantitative estimate of drug-likeness (QED) is 0.281. The van der Waals surface area contributed by atoms with Gasteiger partial charge in [-0.1, -0.05) is 17.3 Å². The first-order valence-electron chi connectivity index (χ1n) is 7.07. The molecular weight excluding hydrogens is 353 g/mol. The molecule has 0 aliphatic carbocycles. The van der Waals surface area contributed by atoms with E-state index in [1.54, 1.807) is 0 Å². The Balaban J connectivity index is 1.74. The second-order valence-electron chi connectivity index (χ2n) is 5.01. The van der Waals surface area contributed by atoms with E-state index in [9.17, 15) is 13.2 Å². The summed E-state index contributed by atoms with van der Waals surface area (Å²) in [6.07, 6.45) is -0.399. The van der Waals surface area contributed by atoms with Crippen LogP contribution in [-0.4, -0.2) is 26.0 Å². The minimum absolute atomic E-state index is 0.0523. The number of hydrogen-bond acceptors (Lipinski definition) is 7. The molecule has 11 heteroatoms. The van der Waals surface area contributed by atoms with Gasteiger partial charge < -0.3 is 15.4 Å². The highest BCUT2D eigenvalue weighted by molar-refractivity contribution is 5.96. The zero-order valence-electron chi connectivity index (χ0n) is 12.9. The first kappa shape index (κ1) is 17.2. The van der Waals surface area contributed by atoms with Crippen LogP contribution in [0, 0.1) is 0 Å². The number of amidine groups is 1. The van der Waals surface area contributed by atoms with Crippen molar-refractivity contribution in [1.29, 1.82) is 0 Å². The SMILES string of the molecule is N/C(=N\O)c1cnc(Nc2ncc(-c3ccc(C(F)(F)F)cc3)o2)nc1. The Morgan fingerprint density at radius 3 is 2.31 bits per heavy atom. The smallest absolute Gasteiger partial charge is 0.416 e. The number of nitrogens with zero attached hydrogens (tertiary/aromatic N) is 4. The molecular formula is C15H11F3N6O2. The highest BCUT2D eigenvalue weighted by Crippen LogP contribution is 2.31. The zero-order chi connectivity index (χ0) is 18.7. The zero-order valence-corrected chi connectivity index (χ0v) is 12.9. The fourth-order valence-corrected chi connectivity index (χ4v) is 1.97. The minimum atomic E-state index is -4.40. The van der Waals surface area contributed by atoms with Crippen molar-refractivity contribution in [2.45, 2.75) is 6.18 Å². The van der Waals surface area contributed by atoms with Gasteiger partial charge in [-0.25, -0.2) is 15.0 Å². The van der Waals surface area contributed by atoms with Crippen molar-refractivity contribution in [3.05, 3.63) is 54.0 Å². The molecule has 26 heavy (non-hydrogen) atoms. The van der Waals surface area contributed by atoms with Gasteiger partial charge in [-0.2, -0.15) is 13.2 Å². The number of alkyl halides is 3. The van der Waals surface area contributed by atoms with E-state index in [4.69, 9.17) is 15.4 Å². The van der Waals surface area contributed by atoms with Gasteiger partial charge in [0.1, 0.15) is 0 Å². The number of halogens is 3. The number of rotatable bonds is 4.